The third kappa shape index (κ3) is 18.0. The van der Waals surface area contributed by atoms with E-state index in [9.17, 15) is 9.59 Å². The molecular weight excluding hydrogens is 1060 g/mol. The molecule has 0 radical (unpaired) electrons. The van der Waals surface area contributed by atoms with E-state index < -0.39 is 0 Å². The van der Waals surface area contributed by atoms with Gasteiger partial charge >= 0.3 is 11.9 Å². The first kappa shape index (κ1) is 69.0. The zero-order valence-electron chi connectivity index (χ0n) is 56.8. The van der Waals surface area contributed by atoms with Crippen molar-refractivity contribution < 1.29 is 19.1 Å². The van der Waals surface area contributed by atoms with E-state index in [1.165, 1.54) is 217 Å². The van der Waals surface area contributed by atoms with Gasteiger partial charge in [-0.05, 0) is 208 Å². The highest BCUT2D eigenvalue weighted by Crippen LogP contribution is 2.69. The van der Waals surface area contributed by atoms with E-state index in [0.29, 0.717) is 34.5 Å². The average molecular weight is 1200 g/mol. The van der Waals surface area contributed by atoms with E-state index in [2.05, 4.69) is 103 Å². The van der Waals surface area contributed by atoms with Crippen molar-refractivity contribution >= 4 is 33.5 Å². The Morgan fingerprint density at radius 1 is 0.429 bits per heavy atom. The molecule has 8 aliphatic carbocycles. The maximum Gasteiger partial charge on any atom is 0.306 e. The zero-order chi connectivity index (χ0) is 59.7. The third-order valence-electron chi connectivity index (χ3n) is 26.4. The molecule has 6 saturated carbocycles. The highest BCUT2D eigenvalue weighted by atomic mass is 33.1. The smallest absolute Gasteiger partial charge is 0.306 e. The van der Waals surface area contributed by atoms with Gasteiger partial charge in [-0.2, -0.15) is 0 Å². The van der Waals surface area contributed by atoms with Gasteiger partial charge in [-0.25, -0.2) is 0 Å². The maximum atomic E-state index is 13.0. The number of ether oxygens (including phenoxy) is 2. The molecule has 84 heavy (non-hydrogen) atoms. The van der Waals surface area contributed by atoms with E-state index in [4.69, 9.17) is 9.47 Å². The third-order valence-corrected chi connectivity index (χ3v) is 29.0. The second-order valence-corrected chi connectivity index (χ2v) is 35.5. The molecule has 0 heterocycles. The predicted octanol–water partition coefficient (Wildman–Crippen LogP) is 24.1. The fourth-order valence-electron chi connectivity index (χ4n) is 21.4. The molecule has 4 nitrogen and oxygen atoms in total. The van der Waals surface area contributed by atoms with Crippen molar-refractivity contribution in [3.8, 4) is 0 Å². The summed E-state index contributed by atoms with van der Waals surface area (Å²) in [7, 11) is 4.20. The fourth-order valence-corrected chi connectivity index (χ4v) is 23.7. The van der Waals surface area contributed by atoms with Crippen LogP contribution in [-0.2, 0) is 19.1 Å². The summed E-state index contributed by atoms with van der Waals surface area (Å²) in [5.74, 6) is 13.1. The first-order valence-electron chi connectivity index (χ1n) is 37.5. The SMILES string of the molecule is CC(C)CCC[C@@H](C)[C@H]1CC[C@H]2[C@@H]3CC=C4CC(OC(=O)CCCCCCCCCCCSSCCCCCCCCCCCC(=O)OC5CC[C@@]6(C)C(=CC[C@H]7[C@@H]8CC[C@H]([C@H](C)CCCC(C)C)[C@@]8(C)CC[C@@H]76)C5)CC[C@]4(C)[C@H]3CC[C@]12C. The Morgan fingerprint density at radius 3 is 1.15 bits per heavy atom. The van der Waals surface area contributed by atoms with E-state index >= 15 is 0 Å². The number of fused-ring (bicyclic) bond motifs is 10. The molecule has 6 heteroatoms. The van der Waals surface area contributed by atoms with E-state index in [-0.39, 0.29) is 24.1 Å². The van der Waals surface area contributed by atoms with Crippen LogP contribution in [0.25, 0.3) is 0 Å². The summed E-state index contributed by atoms with van der Waals surface area (Å²) in [6.45, 7) is 25.4. The summed E-state index contributed by atoms with van der Waals surface area (Å²) in [4.78, 5) is 26.0. The van der Waals surface area contributed by atoms with Crippen LogP contribution >= 0.6 is 21.6 Å². The van der Waals surface area contributed by atoms with E-state index in [1.54, 1.807) is 11.1 Å². The predicted molar refractivity (Wildman–Crippen MR) is 363 cm³/mol. The second kappa shape index (κ2) is 33.4. The van der Waals surface area contributed by atoms with Crippen LogP contribution in [0.15, 0.2) is 23.3 Å². The van der Waals surface area contributed by atoms with Crippen molar-refractivity contribution in [3.63, 3.8) is 0 Å². The Morgan fingerprint density at radius 2 is 0.786 bits per heavy atom. The molecule has 0 spiro atoms. The van der Waals surface area contributed by atoms with Crippen LogP contribution in [0, 0.1) is 92.7 Å². The van der Waals surface area contributed by atoms with E-state index in [0.717, 1.165) is 122 Å². The summed E-state index contributed by atoms with van der Waals surface area (Å²) in [5, 5.41) is 0. The van der Waals surface area contributed by atoms with Crippen molar-refractivity contribution in [2.24, 2.45) is 92.7 Å². The Hall–Kier alpha value is -0.880. The number of hydrogen-bond donors (Lipinski definition) is 0. The molecule has 6 fully saturated rings. The summed E-state index contributed by atoms with van der Waals surface area (Å²) in [6.07, 6.45) is 58.8. The van der Waals surface area contributed by atoms with Gasteiger partial charge in [0.25, 0.3) is 0 Å². The van der Waals surface area contributed by atoms with Gasteiger partial charge in [-0.3, -0.25) is 9.59 Å². The summed E-state index contributed by atoms with van der Waals surface area (Å²) < 4.78 is 12.4. The van der Waals surface area contributed by atoms with Crippen molar-refractivity contribution in [1.29, 1.82) is 0 Å². The van der Waals surface area contributed by atoms with Gasteiger partial charge in [0.1, 0.15) is 12.2 Å². The van der Waals surface area contributed by atoms with Crippen molar-refractivity contribution in [2.75, 3.05) is 11.5 Å². The number of unbranched alkanes of at least 4 members (excludes halogenated alkanes) is 16. The number of allylic oxidation sites excluding steroid dienone is 2. The lowest BCUT2D eigenvalue weighted by molar-refractivity contribution is -0.152. The van der Waals surface area contributed by atoms with Crippen molar-refractivity contribution in [3.05, 3.63) is 23.3 Å². The van der Waals surface area contributed by atoms with Gasteiger partial charge in [0.15, 0.2) is 0 Å². The molecule has 0 bridgehead atoms. The summed E-state index contributed by atoms with van der Waals surface area (Å²) in [6, 6.07) is 0. The zero-order valence-corrected chi connectivity index (χ0v) is 58.4. The molecule has 0 saturated heterocycles. The molecule has 8 aliphatic rings. The first-order chi connectivity index (χ1) is 40.5. The van der Waals surface area contributed by atoms with Crippen LogP contribution < -0.4 is 0 Å². The van der Waals surface area contributed by atoms with Crippen LogP contribution in [0.4, 0.5) is 0 Å². The quantitative estimate of drug-likeness (QED) is 0.0267. The lowest BCUT2D eigenvalue weighted by atomic mass is 9.47. The van der Waals surface area contributed by atoms with Crippen LogP contribution in [0.3, 0.4) is 0 Å². The van der Waals surface area contributed by atoms with Gasteiger partial charge in [0, 0.05) is 37.2 Å². The Labute approximate surface area is 528 Å². The van der Waals surface area contributed by atoms with Gasteiger partial charge in [0.05, 0.1) is 0 Å². The Balaban J connectivity index is 0.554. The minimum atomic E-state index is 0.0587. The highest BCUT2D eigenvalue weighted by Gasteiger charge is 2.61. The van der Waals surface area contributed by atoms with Crippen LogP contribution in [0.1, 0.15) is 339 Å². The molecule has 2 unspecified atom stereocenters. The van der Waals surface area contributed by atoms with Gasteiger partial charge in [0.2, 0.25) is 0 Å². The molecule has 0 N–H and O–H groups in total. The lowest BCUT2D eigenvalue weighted by Crippen LogP contribution is -2.51. The molecule has 0 aromatic carbocycles. The van der Waals surface area contributed by atoms with Crippen molar-refractivity contribution in [1.82, 2.24) is 0 Å². The standard InChI is InChI=1S/C78H134O4S2/c1-57(2)31-29-33-59(5)67-41-43-69-65-39-37-61-55-63(45-49-75(61,7)71(65)47-51-77(67,69)9)81-73(79)35-25-21-17-13-11-15-19-23-27-53-83-84-54-28-24-20-16-12-14-18-22-26-36-74(80)82-64-46-50-76(8)62(56-64)38-40-66-70-44-42-68(60(6)34-30-32-58(3)4)78(70,10)52-48-72(66)76/h37-38,57-60,63-72H,11-36,39-56H2,1-10H3/t59-,60-,63?,64?,65+,66+,67-,68-,69+,70+,71+,72+,75+,76+,77-,78-/m1/s1. The highest BCUT2D eigenvalue weighted by molar-refractivity contribution is 8.76. The monoisotopic (exact) mass is 1200 g/mol. The number of rotatable bonds is 37. The number of hydrogen-bond acceptors (Lipinski definition) is 6. The molecular formula is C78H134O4S2. The molecule has 0 amide bonds. The fraction of sp³-hybridized carbons (Fsp3) is 0.923. The van der Waals surface area contributed by atoms with Crippen LogP contribution in [-0.4, -0.2) is 35.7 Å². The topological polar surface area (TPSA) is 52.6 Å². The molecule has 0 aliphatic heterocycles. The molecule has 0 aromatic rings. The maximum absolute atomic E-state index is 13.0. The molecule has 16 atom stereocenters. The van der Waals surface area contributed by atoms with Crippen LogP contribution in [0.2, 0.25) is 0 Å². The van der Waals surface area contributed by atoms with Gasteiger partial charge in [-0.15, -0.1) is 0 Å². The minimum Gasteiger partial charge on any atom is -0.462 e. The van der Waals surface area contributed by atoms with Crippen LogP contribution in [0.5, 0.6) is 0 Å². The van der Waals surface area contributed by atoms with Gasteiger partial charge < -0.3 is 9.47 Å². The Kier molecular flexibility index (Phi) is 27.5. The van der Waals surface area contributed by atoms with Crippen molar-refractivity contribution in [2.45, 2.75) is 351 Å². The second-order valence-electron chi connectivity index (χ2n) is 32.8. The molecule has 482 valence electrons. The summed E-state index contributed by atoms with van der Waals surface area (Å²) in [5.41, 5.74) is 5.01. The minimum absolute atomic E-state index is 0.0587. The van der Waals surface area contributed by atoms with Gasteiger partial charge in [-0.1, -0.05) is 243 Å². The lowest BCUT2D eigenvalue weighted by Gasteiger charge is -2.58. The first-order valence-corrected chi connectivity index (χ1v) is 40.0. The number of carbonyl (C=O) groups is 2. The summed E-state index contributed by atoms with van der Waals surface area (Å²) >= 11 is 0. The number of esters is 2. The number of carbonyl (C=O) groups excluding carboxylic acids is 2. The van der Waals surface area contributed by atoms with E-state index in [1.807, 2.05) is 0 Å². The average Bonchev–Trinajstić information content (AvgIpc) is 1.41. The Bertz CT molecular complexity index is 1900. The molecule has 0 aromatic heterocycles. The largest absolute Gasteiger partial charge is 0.462 e. The molecule has 8 rings (SSSR count). The normalized spacial score (nSPS) is 35.0.